The summed E-state index contributed by atoms with van der Waals surface area (Å²) in [6, 6.07) is 0. The number of fused-ring (bicyclic) bond motifs is 1. The van der Waals surface area contributed by atoms with Gasteiger partial charge in [0.25, 0.3) is 0 Å². The number of aliphatic hydroxyl groups is 2. The van der Waals surface area contributed by atoms with E-state index in [9.17, 15) is 10.2 Å². The number of aliphatic hydroxyl groups excluding tert-OH is 2. The molecule has 1 unspecified atom stereocenters. The van der Waals surface area contributed by atoms with Crippen LogP contribution in [-0.4, -0.2) is 47.2 Å². The molecule has 2 aliphatic rings. The molecule has 0 aromatic rings. The zero-order chi connectivity index (χ0) is 9.59. The van der Waals surface area contributed by atoms with Crippen LogP contribution >= 0.6 is 0 Å². The van der Waals surface area contributed by atoms with Crippen LogP contribution in [0.5, 0.6) is 0 Å². The molecule has 0 aromatic carbocycles. The van der Waals surface area contributed by atoms with E-state index in [2.05, 4.69) is 0 Å². The molecule has 13 heavy (non-hydrogen) atoms. The van der Waals surface area contributed by atoms with Gasteiger partial charge in [-0.1, -0.05) is 0 Å². The van der Waals surface area contributed by atoms with E-state index in [1.54, 1.807) is 13.8 Å². The van der Waals surface area contributed by atoms with Crippen molar-refractivity contribution in [2.45, 2.75) is 50.8 Å². The highest BCUT2D eigenvalue weighted by Gasteiger charge is 2.49. The van der Waals surface area contributed by atoms with Gasteiger partial charge in [0.15, 0.2) is 12.6 Å². The van der Waals surface area contributed by atoms with E-state index in [0.717, 1.165) is 0 Å². The van der Waals surface area contributed by atoms with Gasteiger partial charge < -0.3 is 24.4 Å². The normalized spacial score (nSPS) is 56.3. The number of hydrogen-bond donors (Lipinski definition) is 2. The highest BCUT2D eigenvalue weighted by Crippen LogP contribution is 2.30. The van der Waals surface area contributed by atoms with E-state index in [-0.39, 0.29) is 6.29 Å². The van der Waals surface area contributed by atoms with Gasteiger partial charge in [-0.25, -0.2) is 0 Å². The highest BCUT2D eigenvalue weighted by molar-refractivity contribution is 4.90. The largest absolute Gasteiger partial charge is 0.388 e. The molecule has 2 saturated heterocycles. The average Bonchev–Trinajstić information content (AvgIpc) is 2.42. The van der Waals surface area contributed by atoms with E-state index >= 15 is 0 Å². The first kappa shape index (κ1) is 9.36. The van der Waals surface area contributed by atoms with Gasteiger partial charge in [-0.3, -0.25) is 0 Å². The summed E-state index contributed by atoms with van der Waals surface area (Å²) in [6.07, 6.45) is -3.77. The lowest BCUT2D eigenvalue weighted by atomic mass is 10.0. The Balaban J connectivity index is 2.11. The van der Waals surface area contributed by atoms with Crippen LogP contribution in [0.1, 0.15) is 13.8 Å². The Kier molecular flexibility index (Phi) is 2.29. The van der Waals surface area contributed by atoms with Crippen molar-refractivity contribution in [1.82, 2.24) is 0 Å². The van der Waals surface area contributed by atoms with E-state index in [1.807, 2.05) is 0 Å². The minimum Gasteiger partial charge on any atom is -0.388 e. The van der Waals surface area contributed by atoms with Gasteiger partial charge in [0.05, 0.1) is 6.10 Å². The van der Waals surface area contributed by atoms with Crippen LogP contribution in [0.3, 0.4) is 0 Å². The van der Waals surface area contributed by atoms with Crippen LogP contribution in [0, 0.1) is 0 Å². The number of hydrogen-bond acceptors (Lipinski definition) is 5. The summed E-state index contributed by atoms with van der Waals surface area (Å²) in [4.78, 5) is 0. The molecule has 0 bridgehead atoms. The first-order chi connectivity index (χ1) is 6.09. The molecule has 0 spiro atoms. The lowest BCUT2D eigenvalue weighted by molar-refractivity contribution is -0.241. The van der Waals surface area contributed by atoms with Gasteiger partial charge >= 0.3 is 0 Å². The molecule has 6 atom stereocenters. The molecule has 0 aromatic heterocycles. The third kappa shape index (κ3) is 1.47. The molecular weight excluding hydrogens is 176 g/mol. The SMILES string of the molecule is CC1O[C@H]2O[C@@H](C)[C@H](O)[C@@H](O)[C@H]2O1. The summed E-state index contributed by atoms with van der Waals surface area (Å²) in [7, 11) is 0. The molecule has 2 N–H and O–H groups in total. The Bertz CT molecular complexity index is 195. The fraction of sp³-hybridized carbons (Fsp3) is 1.00. The van der Waals surface area contributed by atoms with Crippen LogP contribution in [0.15, 0.2) is 0 Å². The summed E-state index contributed by atoms with van der Waals surface area (Å²) in [5.41, 5.74) is 0. The number of rotatable bonds is 0. The Morgan fingerprint density at radius 3 is 2.31 bits per heavy atom. The van der Waals surface area contributed by atoms with E-state index < -0.39 is 30.7 Å². The van der Waals surface area contributed by atoms with E-state index in [1.165, 1.54) is 0 Å². The second-order valence-electron chi connectivity index (χ2n) is 3.50. The Morgan fingerprint density at radius 2 is 1.62 bits per heavy atom. The lowest BCUT2D eigenvalue weighted by Crippen LogP contribution is -2.55. The van der Waals surface area contributed by atoms with Crippen molar-refractivity contribution in [2.75, 3.05) is 0 Å². The average molecular weight is 190 g/mol. The van der Waals surface area contributed by atoms with Crippen LogP contribution < -0.4 is 0 Å². The molecule has 2 aliphatic heterocycles. The Labute approximate surface area is 76.2 Å². The fourth-order valence-electron chi connectivity index (χ4n) is 1.70. The fourth-order valence-corrected chi connectivity index (χ4v) is 1.70. The van der Waals surface area contributed by atoms with Gasteiger partial charge in [0.2, 0.25) is 0 Å². The van der Waals surface area contributed by atoms with Gasteiger partial charge in [-0.2, -0.15) is 0 Å². The van der Waals surface area contributed by atoms with Crippen molar-refractivity contribution in [2.24, 2.45) is 0 Å². The zero-order valence-corrected chi connectivity index (χ0v) is 7.58. The molecule has 0 amide bonds. The molecule has 5 nitrogen and oxygen atoms in total. The van der Waals surface area contributed by atoms with Crippen molar-refractivity contribution < 1.29 is 24.4 Å². The van der Waals surface area contributed by atoms with Crippen molar-refractivity contribution in [1.29, 1.82) is 0 Å². The maximum atomic E-state index is 9.60. The summed E-state index contributed by atoms with van der Waals surface area (Å²) >= 11 is 0. The summed E-state index contributed by atoms with van der Waals surface area (Å²) < 4.78 is 15.8. The van der Waals surface area contributed by atoms with Crippen molar-refractivity contribution in [3.63, 3.8) is 0 Å². The second kappa shape index (κ2) is 3.18. The van der Waals surface area contributed by atoms with Crippen LogP contribution in [-0.2, 0) is 14.2 Å². The molecule has 0 radical (unpaired) electrons. The molecule has 2 rings (SSSR count). The second-order valence-corrected chi connectivity index (χ2v) is 3.50. The van der Waals surface area contributed by atoms with Crippen molar-refractivity contribution in [3.8, 4) is 0 Å². The molecule has 76 valence electrons. The molecule has 0 saturated carbocycles. The van der Waals surface area contributed by atoms with Crippen LogP contribution in [0.2, 0.25) is 0 Å². The highest BCUT2D eigenvalue weighted by atomic mass is 16.8. The van der Waals surface area contributed by atoms with Crippen LogP contribution in [0.4, 0.5) is 0 Å². The molecule has 5 heteroatoms. The van der Waals surface area contributed by atoms with Gasteiger partial charge in [-0.05, 0) is 13.8 Å². The molecule has 2 heterocycles. The minimum absolute atomic E-state index is 0.387. The third-order valence-electron chi connectivity index (χ3n) is 2.46. The first-order valence-corrected chi connectivity index (χ1v) is 4.42. The van der Waals surface area contributed by atoms with Gasteiger partial charge in [0.1, 0.15) is 18.3 Å². The van der Waals surface area contributed by atoms with Crippen LogP contribution in [0.25, 0.3) is 0 Å². The van der Waals surface area contributed by atoms with E-state index in [4.69, 9.17) is 14.2 Å². The predicted octanol–water partition coefficient (Wildman–Crippen LogP) is -0.786. The zero-order valence-electron chi connectivity index (χ0n) is 7.58. The van der Waals surface area contributed by atoms with Gasteiger partial charge in [-0.15, -0.1) is 0 Å². The summed E-state index contributed by atoms with van der Waals surface area (Å²) in [6.45, 7) is 3.42. The van der Waals surface area contributed by atoms with E-state index in [0.29, 0.717) is 0 Å². The topological polar surface area (TPSA) is 68.2 Å². The molecule has 2 fully saturated rings. The molecule has 0 aliphatic carbocycles. The lowest BCUT2D eigenvalue weighted by Gasteiger charge is -2.36. The van der Waals surface area contributed by atoms with Crippen molar-refractivity contribution >= 4 is 0 Å². The first-order valence-electron chi connectivity index (χ1n) is 4.42. The van der Waals surface area contributed by atoms with Gasteiger partial charge in [0, 0.05) is 0 Å². The molecular formula is C8H14O5. The summed E-state index contributed by atoms with van der Waals surface area (Å²) in [5, 5.41) is 19.1. The third-order valence-corrected chi connectivity index (χ3v) is 2.46. The maximum Gasteiger partial charge on any atom is 0.189 e. The number of ether oxygens (including phenoxy) is 3. The monoisotopic (exact) mass is 190 g/mol. The maximum absolute atomic E-state index is 9.60. The van der Waals surface area contributed by atoms with Crippen molar-refractivity contribution in [3.05, 3.63) is 0 Å². The standard InChI is InChI=1S/C8H14O5/c1-3-5(9)6(10)7-8(11-3)13-4(2)12-7/h3-10H,1-2H3/t3-,4?,5-,6+,7+,8+/m0/s1. The summed E-state index contributed by atoms with van der Waals surface area (Å²) in [5.74, 6) is 0. The quantitative estimate of drug-likeness (QED) is 0.524. The minimum atomic E-state index is -0.932. The smallest absolute Gasteiger partial charge is 0.189 e. The Hall–Kier alpha value is -0.200. The Morgan fingerprint density at radius 1 is 0.923 bits per heavy atom. The predicted molar refractivity (Wildman–Crippen MR) is 41.8 cm³/mol.